The van der Waals surface area contributed by atoms with Crippen molar-refractivity contribution in [2.75, 3.05) is 65.6 Å². The molecule has 0 aliphatic carbocycles. The molecule has 1 saturated heterocycles. The van der Waals surface area contributed by atoms with Gasteiger partial charge in [-0.15, -0.1) is 0 Å². The molecule has 1 rings (SSSR count). The fraction of sp³-hybridized carbons (Fsp3) is 1.00. The maximum atomic E-state index is 17.8. The first-order valence-corrected chi connectivity index (χ1v) is 11.3. The first-order valence-electron chi connectivity index (χ1n) is 9.32. The quantitative estimate of drug-likeness (QED) is 0.560. The molecule has 140 valence electrons. The van der Waals surface area contributed by atoms with E-state index in [1.165, 1.54) is 0 Å². The Labute approximate surface area is 143 Å². The van der Waals surface area contributed by atoms with Crippen molar-refractivity contribution in [3.8, 4) is 0 Å². The van der Waals surface area contributed by atoms with Gasteiger partial charge in [0.15, 0.2) is 0 Å². The molecule has 0 aromatic rings. The summed E-state index contributed by atoms with van der Waals surface area (Å²) in [7, 11) is -4.04. The van der Waals surface area contributed by atoms with E-state index in [0.29, 0.717) is 26.3 Å². The van der Waals surface area contributed by atoms with Gasteiger partial charge in [-0.3, -0.25) is 0 Å². The minimum absolute atomic E-state index is 0.617. The van der Waals surface area contributed by atoms with Crippen LogP contribution in [0.1, 0.15) is 41.5 Å². The van der Waals surface area contributed by atoms with Crippen molar-refractivity contribution in [1.82, 2.24) is 18.7 Å². The second-order valence-corrected chi connectivity index (χ2v) is 9.76. The Hall–Kier alpha value is 0.160. The van der Waals surface area contributed by atoms with Gasteiger partial charge in [0.05, 0.1) is 0 Å². The van der Waals surface area contributed by atoms with Gasteiger partial charge in [-0.05, 0) is 0 Å². The Morgan fingerprint density at radius 3 is 1.30 bits per heavy atom. The van der Waals surface area contributed by atoms with Crippen molar-refractivity contribution in [1.29, 1.82) is 0 Å². The molecule has 0 unspecified atom stereocenters. The Morgan fingerprint density at radius 2 is 1.04 bits per heavy atom. The second-order valence-electron chi connectivity index (χ2n) is 5.82. The van der Waals surface area contributed by atoms with Crippen LogP contribution in [-0.4, -0.2) is 84.3 Å². The summed E-state index contributed by atoms with van der Waals surface area (Å²) in [5, 5.41) is 0. The zero-order valence-corrected chi connectivity index (χ0v) is 17.0. The van der Waals surface area contributed by atoms with Gasteiger partial charge in [0.1, 0.15) is 0 Å². The van der Waals surface area contributed by atoms with E-state index in [2.05, 4.69) is 60.2 Å². The topological polar surface area (TPSA) is 22.2 Å². The van der Waals surface area contributed by atoms with Crippen LogP contribution in [0.15, 0.2) is 0 Å². The summed E-state index contributed by atoms with van der Waals surface area (Å²) in [6.07, 6.45) is 0. The van der Waals surface area contributed by atoms with Gasteiger partial charge < -0.3 is 0 Å². The van der Waals surface area contributed by atoms with Crippen molar-refractivity contribution in [3.63, 3.8) is 0 Å². The molecule has 0 amide bonds. The summed E-state index contributed by atoms with van der Waals surface area (Å²) in [4.78, 5) is 0. The van der Waals surface area contributed by atoms with Gasteiger partial charge in [0.25, 0.3) is 0 Å². The molecule has 0 spiro atoms. The van der Waals surface area contributed by atoms with E-state index >= 15 is 4.20 Å². The van der Waals surface area contributed by atoms with Crippen LogP contribution in [0.3, 0.4) is 0 Å². The van der Waals surface area contributed by atoms with Crippen LogP contribution in [-0.2, 0) is 4.74 Å². The molecule has 0 saturated carbocycles. The number of hydrogen-bond donors (Lipinski definition) is 0. The van der Waals surface area contributed by atoms with E-state index in [0.717, 1.165) is 39.3 Å². The predicted molar refractivity (Wildman–Crippen MR) is 99.2 cm³/mol. The van der Waals surface area contributed by atoms with Crippen molar-refractivity contribution in [2.45, 2.75) is 41.5 Å². The van der Waals surface area contributed by atoms with Crippen LogP contribution in [0.5, 0.6) is 0 Å². The Balaban J connectivity index is 3.60. The van der Waals surface area contributed by atoms with Gasteiger partial charge in [0, 0.05) is 0 Å². The molecular formula is C16H38FN4OP. The van der Waals surface area contributed by atoms with Crippen LogP contribution in [0.2, 0.25) is 0 Å². The number of rotatable bonds is 10. The van der Waals surface area contributed by atoms with Crippen LogP contribution in [0.4, 0.5) is 4.20 Å². The SMILES string of the molecule is CCN(CC)P(F)(N(CC)CC)(N(CC)CC)N1CCOCC1. The number of morpholine rings is 1. The van der Waals surface area contributed by atoms with E-state index in [4.69, 9.17) is 4.74 Å². The molecule has 1 aliphatic heterocycles. The van der Waals surface area contributed by atoms with Gasteiger partial charge in [-0.1, -0.05) is 0 Å². The second kappa shape index (κ2) is 9.02. The summed E-state index contributed by atoms with van der Waals surface area (Å²) in [6.45, 7) is 19.4. The third-order valence-corrected chi connectivity index (χ3v) is 11.1. The normalized spacial score (nSPS) is 19.5. The molecule has 0 radical (unpaired) electrons. The average Bonchev–Trinajstić information content (AvgIpc) is 2.59. The van der Waals surface area contributed by atoms with Crippen molar-refractivity contribution in [2.24, 2.45) is 0 Å². The Morgan fingerprint density at radius 1 is 0.739 bits per heavy atom. The standard InChI is InChI=1S/C16H38FN4OP/c1-7-18(8-2)23(17,19(9-3)10-4,20(11-5)12-6)21-13-15-22-16-14-21/h7-16H2,1-6H3. The van der Waals surface area contributed by atoms with Gasteiger partial charge in [-0.25, -0.2) is 0 Å². The molecule has 1 heterocycles. The summed E-state index contributed by atoms with van der Waals surface area (Å²) in [6, 6.07) is 0. The van der Waals surface area contributed by atoms with Crippen molar-refractivity contribution >= 4 is 7.52 Å². The summed E-state index contributed by atoms with van der Waals surface area (Å²) in [5.41, 5.74) is 0. The number of hydrogen-bond acceptors (Lipinski definition) is 5. The predicted octanol–water partition coefficient (Wildman–Crippen LogP) is 3.44. The fourth-order valence-corrected chi connectivity index (χ4v) is 10.0. The van der Waals surface area contributed by atoms with Gasteiger partial charge in [0.2, 0.25) is 0 Å². The maximum absolute atomic E-state index is 17.8. The third kappa shape index (κ3) is 3.31. The molecule has 0 aromatic carbocycles. The molecule has 0 atom stereocenters. The van der Waals surface area contributed by atoms with Crippen LogP contribution < -0.4 is 0 Å². The summed E-state index contributed by atoms with van der Waals surface area (Å²) in [5.74, 6) is 0. The van der Waals surface area contributed by atoms with Crippen molar-refractivity contribution in [3.05, 3.63) is 0 Å². The Bertz CT molecular complexity index is 309. The van der Waals surface area contributed by atoms with Crippen LogP contribution in [0.25, 0.3) is 0 Å². The molecular weight excluding hydrogens is 314 g/mol. The molecule has 1 fully saturated rings. The molecule has 1 aliphatic rings. The van der Waals surface area contributed by atoms with Crippen LogP contribution >= 0.6 is 7.52 Å². The number of ether oxygens (including phenoxy) is 1. The first-order chi connectivity index (χ1) is 11.0. The Kier molecular flexibility index (Phi) is 8.32. The first kappa shape index (κ1) is 21.2. The zero-order chi connectivity index (χ0) is 17.5. The minimum atomic E-state index is -4.04. The molecule has 0 aromatic heterocycles. The van der Waals surface area contributed by atoms with E-state index in [9.17, 15) is 0 Å². The van der Waals surface area contributed by atoms with E-state index in [1.54, 1.807) is 0 Å². The third-order valence-electron chi connectivity index (χ3n) is 5.12. The van der Waals surface area contributed by atoms with E-state index in [1.807, 2.05) is 0 Å². The zero-order valence-electron chi connectivity index (χ0n) is 16.1. The number of nitrogens with zero attached hydrogens (tertiary/aromatic N) is 4. The van der Waals surface area contributed by atoms with Gasteiger partial charge in [-0.2, -0.15) is 0 Å². The summed E-state index contributed by atoms with van der Waals surface area (Å²) < 4.78 is 31.8. The number of halogens is 1. The summed E-state index contributed by atoms with van der Waals surface area (Å²) >= 11 is 0. The molecule has 23 heavy (non-hydrogen) atoms. The fourth-order valence-electron chi connectivity index (χ4n) is 4.10. The van der Waals surface area contributed by atoms with E-state index in [-0.39, 0.29) is 0 Å². The van der Waals surface area contributed by atoms with Crippen LogP contribution in [0, 0.1) is 0 Å². The van der Waals surface area contributed by atoms with E-state index < -0.39 is 7.52 Å². The monoisotopic (exact) mass is 352 g/mol. The molecule has 5 nitrogen and oxygen atoms in total. The molecule has 0 N–H and O–H groups in total. The molecule has 0 bridgehead atoms. The average molecular weight is 352 g/mol. The van der Waals surface area contributed by atoms with Crippen molar-refractivity contribution < 1.29 is 8.93 Å². The molecule has 7 heteroatoms. The van der Waals surface area contributed by atoms with Gasteiger partial charge >= 0.3 is 142 Å².